The number of piperidine rings is 1. The molecular formula is C14H15N3O4. The van der Waals surface area contributed by atoms with Gasteiger partial charge in [-0.1, -0.05) is 6.07 Å². The van der Waals surface area contributed by atoms with E-state index in [2.05, 4.69) is 5.32 Å². The van der Waals surface area contributed by atoms with Gasteiger partial charge < -0.3 is 0 Å². The molecule has 7 nitrogen and oxygen atoms in total. The van der Waals surface area contributed by atoms with Crippen molar-refractivity contribution in [1.82, 2.24) is 10.2 Å². The molecule has 0 spiro atoms. The monoisotopic (exact) mass is 289 g/mol. The number of non-ortho nitro benzene ring substituents is 1. The zero-order chi connectivity index (χ0) is 15.0. The van der Waals surface area contributed by atoms with Gasteiger partial charge in [0, 0.05) is 31.6 Å². The fourth-order valence-corrected chi connectivity index (χ4v) is 2.98. The number of carbonyl (C=O) groups excluding carboxylic acids is 2. The van der Waals surface area contributed by atoms with Gasteiger partial charge in [-0.05, 0) is 24.0 Å². The summed E-state index contributed by atoms with van der Waals surface area (Å²) in [6, 6.07) is 4.55. The van der Waals surface area contributed by atoms with E-state index in [1.165, 1.54) is 6.07 Å². The van der Waals surface area contributed by atoms with Crippen LogP contribution in [0, 0.1) is 10.1 Å². The van der Waals surface area contributed by atoms with Crippen molar-refractivity contribution < 1.29 is 14.5 Å². The molecule has 2 aliphatic heterocycles. The zero-order valence-electron chi connectivity index (χ0n) is 11.4. The topological polar surface area (TPSA) is 92.6 Å². The Morgan fingerprint density at radius 1 is 1.24 bits per heavy atom. The highest BCUT2D eigenvalue weighted by molar-refractivity contribution is 6.00. The summed E-state index contributed by atoms with van der Waals surface area (Å²) in [6.07, 6.45) is 1.61. The lowest BCUT2D eigenvalue weighted by atomic mass is 9.95. The van der Waals surface area contributed by atoms with Gasteiger partial charge in [0.2, 0.25) is 11.8 Å². The van der Waals surface area contributed by atoms with Crippen LogP contribution < -0.4 is 5.32 Å². The largest absolute Gasteiger partial charge is 0.295 e. The van der Waals surface area contributed by atoms with E-state index in [-0.39, 0.29) is 23.5 Å². The number of carbonyl (C=O) groups is 2. The smallest absolute Gasteiger partial charge is 0.269 e. The van der Waals surface area contributed by atoms with E-state index in [4.69, 9.17) is 0 Å². The van der Waals surface area contributed by atoms with Crippen LogP contribution in [0.4, 0.5) is 5.69 Å². The molecule has 2 amide bonds. The average molecular weight is 289 g/mol. The summed E-state index contributed by atoms with van der Waals surface area (Å²) >= 11 is 0. The first-order chi connectivity index (χ1) is 10.0. The van der Waals surface area contributed by atoms with Gasteiger partial charge in [-0.3, -0.25) is 29.9 Å². The molecule has 1 atom stereocenters. The molecule has 0 bridgehead atoms. The summed E-state index contributed by atoms with van der Waals surface area (Å²) in [5, 5.41) is 13.2. The number of nitrogens with one attached hydrogen (secondary N) is 1. The molecule has 1 aromatic rings. The maximum Gasteiger partial charge on any atom is 0.269 e. The van der Waals surface area contributed by atoms with Crippen LogP contribution in [0.25, 0.3) is 0 Å². The van der Waals surface area contributed by atoms with Gasteiger partial charge in [0.25, 0.3) is 5.69 Å². The van der Waals surface area contributed by atoms with Gasteiger partial charge in [0.15, 0.2) is 0 Å². The molecule has 2 heterocycles. The first kappa shape index (κ1) is 13.7. The molecule has 0 unspecified atom stereocenters. The summed E-state index contributed by atoms with van der Waals surface area (Å²) < 4.78 is 0. The van der Waals surface area contributed by atoms with Crippen LogP contribution in [-0.4, -0.2) is 34.2 Å². The van der Waals surface area contributed by atoms with Crippen LogP contribution in [0.2, 0.25) is 0 Å². The van der Waals surface area contributed by atoms with Gasteiger partial charge in [-0.15, -0.1) is 0 Å². The number of fused-ring (bicyclic) bond motifs is 1. The van der Waals surface area contributed by atoms with Gasteiger partial charge in [-0.2, -0.15) is 0 Å². The Morgan fingerprint density at radius 2 is 2.05 bits per heavy atom. The number of hydrogen-bond acceptors (Lipinski definition) is 5. The standard InChI is InChI=1S/C14H15N3O4/c18-13-4-3-12(14(19)15-13)16-6-5-9-1-2-11(17(20)21)7-10(9)8-16/h1-2,7,12H,3-6,8H2,(H,15,18,19)/t12-/m1/s1. The van der Waals surface area contributed by atoms with Crippen molar-refractivity contribution in [2.24, 2.45) is 0 Å². The van der Waals surface area contributed by atoms with Crippen molar-refractivity contribution in [2.45, 2.75) is 31.8 Å². The maximum atomic E-state index is 11.9. The molecule has 1 N–H and O–H groups in total. The summed E-state index contributed by atoms with van der Waals surface area (Å²) in [4.78, 5) is 35.5. The predicted molar refractivity (Wildman–Crippen MR) is 73.4 cm³/mol. The molecule has 3 rings (SSSR count). The van der Waals surface area contributed by atoms with Crippen molar-refractivity contribution >= 4 is 17.5 Å². The van der Waals surface area contributed by atoms with Crippen molar-refractivity contribution in [3.8, 4) is 0 Å². The van der Waals surface area contributed by atoms with E-state index in [0.29, 0.717) is 19.4 Å². The third-order valence-electron chi connectivity index (χ3n) is 4.09. The molecule has 0 saturated carbocycles. The highest BCUT2D eigenvalue weighted by atomic mass is 16.6. The SMILES string of the molecule is O=C1CC[C@@H](N2CCc3ccc([N+](=O)[O-])cc3C2)C(=O)N1. The fourth-order valence-electron chi connectivity index (χ4n) is 2.98. The van der Waals surface area contributed by atoms with Crippen molar-refractivity contribution in [1.29, 1.82) is 0 Å². The van der Waals surface area contributed by atoms with E-state index in [9.17, 15) is 19.7 Å². The molecule has 2 aliphatic rings. The minimum Gasteiger partial charge on any atom is -0.295 e. The Hall–Kier alpha value is -2.28. The van der Waals surface area contributed by atoms with Gasteiger partial charge in [0.1, 0.15) is 0 Å². The Labute approximate surface area is 121 Å². The molecule has 1 aromatic carbocycles. The van der Waals surface area contributed by atoms with E-state index in [1.54, 1.807) is 12.1 Å². The average Bonchev–Trinajstić information content (AvgIpc) is 2.46. The molecule has 1 saturated heterocycles. The van der Waals surface area contributed by atoms with Gasteiger partial charge in [-0.25, -0.2) is 0 Å². The molecule has 21 heavy (non-hydrogen) atoms. The van der Waals surface area contributed by atoms with Crippen LogP contribution in [0.15, 0.2) is 18.2 Å². The number of hydrogen-bond donors (Lipinski definition) is 1. The van der Waals surface area contributed by atoms with Crippen LogP contribution >= 0.6 is 0 Å². The molecular weight excluding hydrogens is 274 g/mol. The lowest BCUT2D eigenvalue weighted by Crippen LogP contribution is -2.53. The first-order valence-electron chi connectivity index (χ1n) is 6.88. The van der Waals surface area contributed by atoms with Gasteiger partial charge >= 0.3 is 0 Å². The minimum absolute atomic E-state index is 0.0684. The molecule has 110 valence electrons. The van der Waals surface area contributed by atoms with E-state index in [1.807, 2.05) is 4.90 Å². The normalized spacial score (nSPS) is 22.6. The van der Waals surface area contributed by atoms with Crippen molar-refractivity contribution in [2.75, 3.05) is 6.54 Å². The van der Waals surface area contributed by atoms with Crippen molar-refractivity contribution in [3.63, 3.8) is 0 Å². The van der Waals surface area contributed by atoms with Crippen LogP contribution in [0.3, 0.4) is 0 Å². The second-order valence-corrected chi connectivity index (χ2v) is 5.40. The van der Waals surface area contributed by atoms with Gasteiger partial charge in [0.05, 0.1) is 11.0 Å². The third-order valence-corrected chi connectivity index (χ3v) is 4.09. The number of nitro groups is 1. The summed E-state index contributed by atoms with van der Waals surface area (Å²) in [7, 11) is 0. The number of amides is 2. The zero-order valence-corrected chi connectivity index (χ0v) is 11.4. The van der Waals surface area contributed by atoms with E-state index in [0.717, 1.165) is 24.1 Å². The van der Waals surface area contributed by atoms with Crippen molar-refractivity contribution in [3.05, 3.63) is 39.4 Å². The van der Waals surface area contributed by atoms with Crippen LogP contribution in [0.1, 0.15) is 24.0 Å². The van der Waals surface area contributed by atoms with Crippen LogP contribution in [0.5, 0.6) is 0 Å². The third kappa shape index (κ3) is 2.64. The van der Waals surface area contributed by atoms with E-state index >= 15 is 0 Å². The van der Waals surface area contributed by atoms with E-state index < -0.39 is 4.92 Å². The molecule has 1 fully saturated rings. The quantitative estimate of drug-likeness (QED) is 0.493. The number of rotatable bonds is 2. The first-order valence-corrected chi connectivity index (χ1v) is 6.88. The summed E-state index contributed by atoms with van der Waals surface area (Å²) in [6.45, 7) is 1.22. The second-order valence-electron chi connectivity index (χ2n) is 5.40. The number of benzene rings is 1. The highest BCUT2D eigenvalue weighted by Gasteiger charge is 2.33. The number of nitro benzene ring substituents is 1. The summed E-state index contributed by atoms with van der Waals surface area (Å²) in [5.74, 6) is -0.496. The maximum absolute atomic E-state index is 11.9. The molecule has 7 heteroatoms. The molecule has 0 aromatic heterocycles. The molecule has 0 aliphatic carbocycles. The number of nitrogens with zero attached hydrogens (tertiary/aromatic N) is 2. The number of imide groups is 1. The Bertz CT molecular complexity index is 629. The Kier molecular flexibility index (Phi) is 3.42. The predicted octanol–water partition coefficient (Wildman–Crippen LogP) is 0.758. The minimum atomic E-state index is -0.411. The fraction of sp³-hybridized carbons (Fsp3) is 0.429. The Balaban J connectivity index is 1.80. The highest BCUT2D eigenvalue weighted by Crippen LogP contribution is 2.26. The summed E-state index contributed by atoms with van der Waals surface area (Å²) in [5.41, 5.74) is 2.04. The second kappa shape index (κ2) is 5.25. The van der Waals surface area contributed by atoms with Crippen LogP contribution in [-0.2, 0) is 22.6 Å². The Morgan fingerprint density at radius 3 is 2.76 bits per heavy atom. The lowest BCUT2D eigenvalue weighted by Gasteiger charge is -2.36. The lowest BCUT2D eigenvalue weighted by molar-refractivity contribution is -0.385. The molecule has 0 radical (unpaired) electrons.